The molecule has 4 amide bonds. The van der Waals surface area contributed by atoms with Crippen molar-refractivity contribution in [1.82, 2.24) is 9.80 Å². The number of nitrogens with zero attached hydrogens (tertiary/aromatic N) is 2. The zero-order chi connectivity index (χ0) is 46.1. The fraction of sp³-hybridized carbons (Fsp3) is 0.529. The maximum absolute atomic E-state index is 14.7. The SMILES string of the molecule is CC(O)C(=O)Nc1c(I)c(C(=O)N(CC(O)CO)CC(O)C(O)CO)c(I)c(-c2c(I)c(NC(=O)C(C)O)c(I)c(C(=O)N(CC(O)CO)CC(O)C(O)CO)c2I)c1I. The maximum atomic E-state index is 14.7. The fourth-order valence-electron chi connectivity index (χ4n) is 5.18. The minimum atomic E-state index is -1.74. The standard InChI is InChI=1S/C34H44I6N4O16/c1-11(49)31(57)41-29-25(37)19(23(35)21(27(29)39)33(59)43(3-13(51)7-45)5-15(53)17(55)9-47)20-24(36)22(28(40)30(26(20)38)42-32(58)12(2)50)34(60)44(4-14(52)8-46)6-16(54)18(56)10-48/h11-18,45-56H,3-10H2,1-2H3,(H,41,57)(H,42,58). The van der Waals surface area contributed by atoms with Crippen LogP contribution in [0.2, 0.25) is 0 Å². The van der Waals surface area contributed by atoms with E-state index in [2.05, 4.69) is 10.6 Å². The predicted molar refractivity (Wildman–Crippen MR) is 265 cm³/mol. The number of carbonyl (C=O) groups is 4. The molecule has 0 saturated carbocycles. The van der Waals surface area contributed by atoms with Crippen molar-refractivity contribution >= 4 is 171 Å². The highest BCUT2D eigenvalue weighted by Crippen LogP contribution is 2.48. The Morgan fingerprint density at radius 3 is 1.02 bits per heavy atom. The summed E-state index contributed by atoms with van der Waals surface area (Å²) >= 11 is 10.9. The number of hydrogen-bond donors (Lipinski definition) is 14. The number of benzene rings is 2. The molecule has 8 atom stereocenters. The molecule has 0 fully saturated rings. The van der Waals surface area contributed by atoms with Crippen LogP contribution in [0.15, 0.2) is 0 Å². The summed E-state index contributed by atoms with van der Waals surface area (Å²) < 4.78 is 0.863. The lowest BCUT2D eigenvalue weighted by Gasteiger charge is -2.31. The molecular formula is C34H44I6N4O16. The zero-order valence-corrected chi connectivity index (χ0v) is 44.4. The van der Waals surface area contributed by atoms with E-state index in [9.17, 15) is 80.5 Å². The molecule has 60 heavy (non-hydrogen) atoms. The van der Waals surface area contributed by atoms with Crippen molar-refractivity contribution in [3.05, 3.63) is 32.5 Å². The number of amides is 4. The number of carbonyl (C=O) groups excluding carboxylic acids is 4. The largest absolute Gasteiger partial charge is 0.394 e. The monoisotopic (exact) mass is 1530 g/mol. The third-order valence-corrected chi connectivity index (χ3v) is 15.0. The van der Waals surface area contributed by atoms with Crippen LogP contribution in [0.25, 0.3) is 11.1 Å². The number of aliphatic hydroxyl groups is 12. The van der Waals surface area contributed by atoms with Gasteiger partial charge in [0.1, 0.15) is 24.4 Å². The van der Waals surface area contributed by atoms with Crippen molar-refractivity contribution < 1.29 is 80.5 Å². The summed E-state index contributed by atoms with van der Waals surface area (Å²) in [5.41, 5.74) is -0.121. The lowest BCUT2D eigenvalue weighted by molar-refractivity contribution is -0.123. The Balaban J connectivity index is 3.30. The van der Waals surface area contributed by atoms with Crippen molar-refractivity contribution in [2.45, 2.75) is 62.7 Å². The average molecular weight is 1530 g/mol. The Labute approximate surface area is 425 Å². The van der Waals surface area contributed by atoms with Gasteiger partial charge in [-0.3, -0.25) is 19.2 Å². The molecule has 2 aromatic carbocycles. The first kappa shape index (κ1) is 56.3. The fourth-order valence-corrected chi connectivity index (χ4v) is 14.1. The minimum Gasteiger partial charge on any atom is -0.394 e. The molecule has 338 valence electrons. The van der Waals surface area contributed by atoms with Crippen LogP contribution in [-0.2, 0) is 9.59 Å². The van der Waals surface area contributed by atoms with Crippen LogP contribution in [-0.4, -0.2) is 196 Å². The van der Waals surface area contributed by atoms with E-state index in [1.807, 2.05) is 90.4 Å². The van der Waals surface area contributed by atoms with Gasteiger partial charge < -0.3 is 81.7 Å². The third-order valence-electron chi connectivity index (χ3n) is 8.50. The first-order valence-electron chi connectivity index (χ1n) is 17.4. The summed E-state index contributed by atoms with van der Waals surface area (Å²) in [7, 11) is 0. The first-order chi connectivity index (χ1) is 27.9. The highest BCUT2D eigenvalue weighted by atomic mass is 127. The van der Waals surface area contributed by atoms with Crippen molar-refractivity contribution in [2.24, 2.45) is 0 Å². The topological polar surface area (TPSA) is 342 Å². The molecule has 26 heteroatoms. The zero-order valence-electron chi connectivity index (χ0n) is 31.4. The van der Waals surface area contributed by atoms with Crippen LogP contribution in [0.3, 0.4) is 0 Å². The summed E-state index contributed by atoms with van der Waals surface area (Å²) in [5, 5.41) is 126. The van der Waals surface area contributed by atoms with Crippen LogP contribution >= 0.6 is 136 Å². The minimum absolute atomic E-state index is 0.0270. The molecule has 0 aliphatic carbocycles. The van der Waals surface area contributed by atoms with Crippen LogP contribution in [0.5, 0.6) is 0 Å². The number of halogens is 6. The summed E-state index contributed by atoms with van der Waals surface area (Å²) in [6.07, 6.45) is -13.1. The molecule has 14 N–H and O–H groups in total. The molecule has 2 rings (SSSR count). The molecule has 2 aromatic rings. The van der Waals surface area contributed by atoms with Crippen molar-refractivity contribution in [3.63, 3.8) is 0 Å². The average Bonchev–Trinajstić information content (AvgIpc) is 3.20. The molecule has 0 aliphatic rings. The summed E-state index contributed by atoms with van der Waals surface area (Å²) in [5.74, 6) is -3.64. The van der Waals surface area contributed by atoms with E-state index in [0.717, 1.165) is 9.80 Å². The van der Waals surface area contributed by atoms with E-state index in [1.165, 1.54) is 13.8 Å². The number of hydrogen-bond acceptors (Lipinski definition) is 16. The molecule has 0 aliphatic heterocycles. The van der Waals surface area contributed by atoms with Gasteiger partial charge in [0.05, 0.1) is 80.5 Å². The highest BCUT2D eigenvalue weighted by molar-refractivity contribution is 14.1. The second-order valence-corrected chi connectivity index (χ2v) is 19.7. The summed E-state index contributed by atoms with van der Waals surface area (Å²) in [6.45, 7) is -3.54. The Bertz CT molecular complexity index is 1750. The molecule has 20 nitrogen and oxygen atoms in total. The molecule has 0 spiro atoms. The van der Waals surface area contributed by atoms with Crippen molar-refractivity contribution in [3.8, 4) is 11.1 Å². The molecule has 0 bridgehead atoms. The number of anilines is 2. The van der Waals surface area contributed by atoms with Crippen LogP contribution < -0.4 is 10.6 Å². The van der Waals surface area contributed by atoms with E-state index in [4.69, 9.17) is 0 Å². The van der Waals surface area contributed by atoms with Crippen molar-refractivity contribution in [1.29, 1.82) is 0 Å². The lowest BCUT2D eigenvalue weighted by Crippen LogP contribution is -2.47. The Hall–Kier alpha value is 0.220. The van der Waals surface area contributed by atoms with Crippen molar-refractivity contribution in [2.75, 3.05) is 63.2 Å². The smallest absolute Gasteiger partial charge is 0.256 e. The van der Waals surface area contributed by atoms with Crippen LogP contribution in [0, 0.1) is 21.4 Å². The maximum Gasteiger partial charge on any atom is 0.256 e. The van der Waals surface area contributed by atoms with Gasteiger partial charge in [0, 0.05) is 51.6 Å². The van der Waals surface area contributed by atoms with Gasteiger partial charge in [-0.1, -0.05) is 0 Å². The van der Waals surface area contributed by atoms with Gasteiger partial charge in [0.2, 0.25) is 0 Å². The molecule has 0 saturated heterocycles. The van der Waals surface area contributed by atoms with E-state index >= 15 is 0 Å². The summed E-state index contributed by atoms with van der Waals surface area (Å²) in [6, 6.07) is 0. The summed E-state index contributed by atoms with van der Waals surface area (Å²) in [4.78, 5) is 57.4. The predicted octanol–water partition coefficient (Wildman–Crippen LogP) is -1.36. The number of rotatable bonds is 21. The van der Waals surface area contributed by atoms with Gasteiger partial charge in [-0.2, -0.15) is 0 Å². The molecule has 0 heterocycles. The second kappa shape index (κ2) is 25.8. The van der Waals surface area contributed by atoms with E-state index < -0.39 is 125 Å². The lowest BCUT2D eigenvalue weighted by atomic mass is 9.97. The second-order valence-electron chi connectivity index (χ2n) is 13.2. The van der Waals surface area contributed by atoms with Gasteiger partial charge in [-0.15, -0.1) is 0 Å². The van der Waals surface area contributed by atoms with E-state index in [0.29, 0.717) is 0 Å². The van der Waals surface area contributed by atoms with Gasteiger partial charge >= 0.3 is 0 Å². The van der Waals surface area contributed by atoms with Gasteiger partial charge in [0.25, 0.3) is 23.6 Å². The molecule has 8 unspecified atom stereocenters. The quantitative estimate of drug-likeness (QED) is 0.0642. The normalized spacial score (nSPS) is 15.6. The van der Waals surface area contributed by atoms with Gasteiger partial charge in [-0.25, -0.2) is 0 Å². The Morgan fingerprint density at radius 2 is 0.767 bits per heavy atom. The van der Waals surface area contributed by atoms with Gasteiger partial charge in [-0.05, 0) is 149 Å². The number of nitrogens with one attached hydrogen (secondary N) is 2. The van der Waals surface area contributed by atoms with E-state index in [1.54, 1.807) is 45.2 Å². The third kappa shape index (κ3) is 14.1. The van der Waals surface area contributed by atoms with Crippen LogP contribution in [0.4, 0.5) is 11.4 Å². The van der Waals surface area contributed by atoms with Crippen LogP contribution in [0.1, 0.15) is 34.6 Å². The number of aliphatic hydroxyl groups excluding tert-OH is 12. The Morgan fingerprint density at radius 1 is 0.467 bits per heavy atom. The molecule has 0 radical (unpaired) electrons. The molecular weight excluding hydrogens is 1480 g/mol. The Kier molecular flexibility index (Phi) is 24.2. The first-order valence-corrected chi connectivity index (χ1v) is 23.9. The van der Waals surface area contributed by atoms with Gasteiger partial charge in [0.15, 0.2) is 0 Å². The molecule has 0 aromatic heterocycles. The van der Waals surface area contributed by atoms with E-state index in [-0.39, 0.29) is 55.0 Å². The highest BCUT2D eigenvalue weighted by Gasteiger charge is 2.37.